The lowest BCUT2D eigenvalue weighted by atomic mass is 10.1. The van der Waals surface area contributed by atoms with Gasteiger partial charge in [-0.15, -0.1) is 11.3 Å². The highest BCUT2D eigenvalue weighted by molar-refractivity contribution is 7.16. The number of esters is 1. The molecule has 168 valence electrons. The first-order chi connectivity index (χ1) is 15.1. The van der Waals surface area contributed by atoms with Crippen molar-refractivity contribution >= 4 is 45.7 Å². The van der Waals surface area contributed by atoms with E-state index in [2.05, 4.69) is 5.32 Å². The highest BCUT2D eigenvalue weighted by atomic mass is 32.1. The van der Waals surface area contributed by atoms with Gasteiger partial charge in [-0.2, -0.15) is 0 Å². The molecular formula is C21H21N3O7S. The lowest BCUT2D eigenvalue weighted by molar-refractivity contribution is -0.385. The largest absolute Gasteiger partial charge is 0.462 e. The van der Waals surface area contributed by atoms with Gasteiger partial charge in [-0.25, -0.2) is 4.79 Å². The van der Waals surface area contributed by atoms with Crippen molar-refractivity contribution in [3.63, 3.8) is 0 Å². The summed E-state index contributed by atoms with van der Waals surface area (Å²) in [4.78, 5) is 63.1. The van der Waals surface area contributed by atoms with E-state index in [4.69, 9.17) is 4.74 Å². The molecule has 1 atom stereocenters. The number of fused-ring (bicyclic) bond motifs is 1. The minimum Gasteiger partial charge on any atom is -0.462 e. The number of benzene rings is 1. The van der Waals surface area contributed by atoms with Crippen LogP contribution in [0.5, 0.6) is 0 Å². The maximum Gasteiger partial charge on any atom is 0.341 e. The SMILES string of the molecule is CCOC(=O)c1c(NC(=O)C(C)N2C(=O)c3cccc([N+](=O)[O-])c3C2=O)sc(C)c1CC. The monoisotopic (exact) mass is 459 g/mol. The number of nitro benzene ring substituents is 1. The van der Waals surface area contributed by atoms with Gasteiger partial charge in [-0.1, -0.05) is 13.0 Å². The van der Waals surface area contributed by atoms with Crippen molar-refractivity contribution in [3.05, 3.63) is 55.4 Å². The molecule has 32 heavy (non-hydrogen) atoms. The van der Waals surface area contributed by atoms with E-state index in [-0.39, 0.29) is 28.3 Å². The summed E-state index contributed by atoms with van der Waals surface area (Å²) in [6, 6.07) is 2.47. The van der Waals surface area contributed by atoms with Crippen LogP contribution < -0.4 is 5.32 Å². The molecule has 1 N–H and O–H groups in total. The fourth-order valence-corrected chi connectivity index (χ4v) is 4.77. The number of amides is 3. The molecule has 1 aliphatic heterocycles. The summed E-state index contributed by atoms with van der Waals surface area (Å²) < 4.78 is 5.11. The Hall–Kier alpha value is -3.60. The fraction of sp³-hybridized carbons (Fsp3) is 0.333. The fourth-order valence-electron chi connectivity index (χ4n) is 3.63. The van der Waals surface area contributed by atoms with Gasteiger partial charge in [0.1, 0.15) is 16.6 Å². The number of thiophene rings is 1. The van der Waals surface area contributed by atoms with Crippen LogP contribution in [0.15, 0.2) is 18.2 Å². The van der Waals surface area contributed by atoms with E-state index >= 15 is 0 Å². The number of nitrogens with zero attached hydrogens (tertiary/aromatic N) is 2. The van der Waals surface area contributed by atoms with Gasteiger partial charge in [0.15, 0.2) is 0 Å². The summed E-state index contributed by atoms with van der Waals surface area (Å²) in [5.74, 6) is -3.00. The molecule has 1 aromatic heterocycles. The number of nitrogens with one attached hydrogen (secondary N) is 1. The highest BCUT2D eigenvalue weighted by Gasteiger charge is 2.45. The van der Waals surface area contributed by atoms with E-state index in [1.54, 1.807) is 6.92 Å². The molecule has 0 aliphatic carbocycles. The highest BCUT2D eigenvalue weighted by Crippen LogP contribution is 2.35. The molecular weight excluding hydrogens is 438 g/mol. The normalized spacial score (nSPS) is 13.7. The van der Waals surface area contributed by atoms with Crippen molar-refractivity contribution < 1.29 is 28.8 Å². The first-order valence-electron chi connectivity index (χ1n) is 9.89. The second-order valence-electron chi connectivity index (χ2n) is 7.02. The van der Waals surface area contributed by atoms with E-state index in [1.165, 1.54) is 30.4 Å². The minimum absolute atomic E-state index is 0.128. The molecule has 10 nitrogen and oxygen atoms in total. The lowest BCUT2D eigenvalue weighted by Gasteiger charge is -2.21. The number of hydrogen-bond acceptors (Lipinski definition) is 8. The van der Waals surface area contributed by atoms with Crippen LogP contribution in [0.25, 0.3) is 0 Å². The molecule has 0 spiro atoms. The number of aryl methyl sites for hydroxylation is 1. The third-order valence-corrected chi connectivity index (χ3v) is 6.23. The van der Waals surface area contributed by atoms with Gasteiger partial charge in [0.2, 0.25) is 5.91 Å². The van der Waals surface area contributed by atoms with Crippen LogP contribution in [0, 0.1) is 17.0 Å². The predicted molar refractivity (Wildman–Crippen MR) is 116 cm³/mol. The molecule has 1 aromatic carbocycles. The van der Waals surface area contributed by atoms with Crippen molar-refractivity contribution in [2.24, 2.45) is 0 Å². The first kappa shape index (κ1) is 23.1. The van der Waals surface area contributed by atoms with Crippen LogP contribution in [-0.4, -0.2) is 46.2 Å². The van der Waals surface area contributed by atoms with Crippen molar-refractivity contribution in [3.8, 4) is 0 Å². The van der Waals surface area contributed by atoms with Crippen molar-refractivity contribution in [1.82, 2.24) is 4.90 Å². The van der Waals surface area contributed by atoms with Crippen molar-refractivity contribution in [2.75, 3.05) is 11.9 Å². The topological polar surface area (TPSA) is 136 Å². The maximum atomic E-state index is 13.0. The number of carbonyl (C=O) groups is 4. The second kappa shape index (κ2) is 8.87. The van der Waals surface area contributed by atoms with Crippen LogP contribution in [0.1, 0.15) is 62.3 Å². The Morgan fingerprint density at radius 2 is 1.94 bits per heavy atom. The molecule has 11 heteroatoms. The van der Waals surface area contributed by atoms with Gasteiger partial charge in [0, 0.05) is 10.9 Å². The Bertz CT molecular complexity index is 1150. The van der Waals surface area contributed by atoms with Crippen LogP contribution in [0.4, 0.5) is 10.7 Å². The summed E-state index contributed by atoms with van der Waals surface area (Å²) in [6.45, 7) is 6.86. The molecule has 2 heterocycles. The summed E-state index contributed by atoms with van der Waals surface area (Å²) in [5, 5.41) is 14.2. The van der Waals surface area contributed by atoms with Crippen LogP contribution in [0.2, 0.25) is 0 Å². The minimum atomic E-state index is -1.27. The van der Waals surface area contributed by atoms with Gasteiger partial charge in [0.05, 0.1) is 22.7 Å². The van der Waals surface area contributed by atoms with E-state index in [9.17, 15) is 29.3 Å². The summed E-state index contributed by atoms with van der Waals surface area (Å²) >= 11 is 1.19. The Kier molecular flexibility index (Phi) is 6.40. The number of hydrogen-bond donors (Lipinski definition) is 1. The van der Waals surface area contributed by atoms with E-state index in [0.29, 0.717) is 11.3 Å². The molecule has 0 saturated heterocycles. The molecule has 0 saturated carbocycles. The Morgan fingerprint density at radius 1 is 1.25 bits per heavy atom. The average molecular weight is 459 g/mol. The van der Waals surface area contributed by atoms with Crippen LogP contribution >= 0.6 is 11.3 Å². The zero-order valence-electron chi connectivity index (χ0n) is 17.9. The van der Waals surface area contributed by atoms with E-state index < -0.39 is 40.3 Å². The number of anilines is 1. The standard InChI is InChI=1S/C21H21N3O7S/c1-5-12-11(4)32-18(16(12)21(28)31-6-2)22-17(25)10(3)23-19(26)13-8-7-9-14(24(29)30)15(13)20(23)27/h7-10H,5-6H2,1-4H3,(H,22,25). The quantitative estimate of drug-likeness (QED) is 0.290. The molecule has 2 aromatic rings. The molecule has 0 radical (unpaired) electrons. The Balaban J connectivity index is 1.92. The summed E-state index contributed by atoms with van der Waals surface area (Å²) in [5.41, 5.74) is 0.0241. The van der Waals surface area contributed by atoms with Crippen LogP contribution in [-0.2, 0) is 16.0 Å². The lowest BCUT2D eigenvalue weighted by Crippen LogP contribution is -2.45. The maximum absolute atomic E-state index is 13.0. The zero-order chi connectivity index (χ0) is 23.7. The Morgan fingerprint density at radius 3 is 2.53 bits per heavy atom. The molecule has 1 aliphatic rings. The molecule has 0 fully saturated rings. The number of rotatable bonds is 7. The third kappa shape index (κ3) is 3.75. The molecule has 3 rings (SSSR count). The Labute approximate surface area is 187 Å². The van der Waals surface area contributed by atoms with Gasteiger partial charge >= 0.3 is 5.97 Å². The molecule has 0 bridgehead atoms. The van der Waals surface area contributed by atoms with Gasteiger partial charge in [-0.3, -0.25) is 29.4 Å². The number of imide groups is 1. The second-order valence-corrected chi connectivity index (χ2v) is 8.24. The molecule has 1 unspecified atom stereocenters. The van der Waals surface area contributed by atoms with Gasteiger partial charge < -0.3 is 10.1 Å². The van der Waals surface area contributed by atoms with E-state index in [1.807, 2.05) is 13.8 Å². The summed E-state index contributed by atoms with van der Waals surface area (Å²) in [7, 11) is 0. The number of carbonyl (C=O) groups excluding carboxylic acids is 4. The molecule has 3 amide bonds. The average Bonchev–Trinajstić information content (AvgIpc) is 3.20. The zero-order valence-corrected chi connectivity index (χ0v) is 18.7. The van der Waals surface area contributed by atoms with Gasteiger partial charge in [-0.05, 0) is 38.8 Å². The summed E-state index contributed by atoms with van der Waals surface area (Å²) in [6.07, 6.45) is 0.546. The number of nitro groups is 1. The number of ether oxygens (including phenoxy) is 1. The van der Waals surface area contributed by atoms with Crippen molar-refractivity contribution in [2.45, 2.75) is 40.2 Å². The van der Waals surface area contributed by atoms with Crippen LogP contribution in [0.3, 0.4) is 0 Å². The van der Waals surface area contributed by atoms with Gasteiger partial charge in [0.25, 0.3) is 17.5 Å². The first-order valence-corrected chi connectivity index (χ1v) is 10.7. The smallest absolute Gasteiger partial charge is 0.341 e. The van der Waals surface area contributed by atoms with Crippen molar-refractivity contribution in [1.29, 1.82) is 0 Å². The third-order valence-electron chi connectivity index (χ3n) is 5.17. The van der Waals surface area contributed by atoms with E-state index in [0.717, 1.165) is 16.5 Å². The predicted octanol–water partition coefficient (Wildman–Crippen LogP) is 3.33.